The summed E-state index contributed by atoms with van der Waals surface area (Å²) in [4.78, 5) is 30.8. The van der Waals surface area contributed by atoms with Crippen LogP contribution < -0.4 is 11.1 Å². The van der Waals surface area contributed by atoms with Gasteiger partial charge in [0.25, 0.3) is 5.91 Å². The van der Waals surface area contributed by atoms with Crippen LogP contribution in [0.2, 0.25) is 0 Å². The van der Waals surface area contributed by atoms with E-state index in [1.807, 2.05) is 60.7 Å². The number of hydrogen-bond acceptors (Lipinski definition) is 5. The monoisotopic (exact) mass is 463 g/mol. The van der Waals surface area contributed by atoms with E-state index in [2.05, 4.69) is 10.3 Å². The molecule has 0 bridgehead atoms. The van der Waals surface area contributed by atoms with Crippen LogP contribution in [-0.2, 0) is 4.79 Å². The number of aliphatic carboxylic acids is 1. The van der Waals surface area contributed by atoms with E-state index in [4.69, 9.17) is 15.6 Å². The number of carboxylic acids is 1. The minimum Gasteiger partial charge on any atom is -0.480 e. The van der Waals surface area contributed by atoms with Gasteiger partial charge in [-0.3, -0.25) is 10.2 Å². The fourth-order valence-corrected chi connectivity index (χ4v) is 3.81. The van der Waals surface area contributed by atoms with E-state index in [-0.39, 0.29) is 24.1 Å². The van der Waals surface area contributed by atoms with Crippen molar-refractivity contribution in [1.82, 2.24) is 15.2 Å². The van der Waals surface area contributed by atoms with Crippen molar-refractivity contribution in [2.45, 2.75) is 31.7 Å². The Balaban J connectivity index is 1.87. The van der Waals surface area contributed by atoms with Crippen molar-refractivity contribution >= 4 is 17.8 Å². The summed E-state index contributed by atoms with van der Waals surface area (Å²) < 4.78 is 6.00. The molecule has 9 heteroatoms. The Kier molecular flexibility index (Phi) is 8.02. The van der Waals surface area contributed by atoms with E-state index in [0.29, 0.717) is 24.6 Å². The smallest absolute Gasteiger partial charge is 0.326 e. The number of carboxylic acid groups (broad SMARTS) is 1. The number of benzene rings is 2. The van der Waals surface area contributed by atoms with Gasteiger partial charge in [-0.25, -0.2) is 9.78 Å². The molecule has 1 heterocycles. The number of nitrogens with zero attached hydrogens (tertiary/aromatic N) is 2. The number of aromatic nitrogens is 1. The fourth-order valence-electron chi connectivity index (χ4n) is 3.81. The molecular formula is C25H29N5O4. The largest absolute Gasteiger partial charge is 0.480 e. The SMILES string of the molecule is Cc1nc(C(c2ccccc2)c2ccccc2)oc1C(=O)N(C)[C@@H](CCCNC(=N)N)C(=O)O. The molecule has 0 aliphatic carbocycles. The van der Waals surface area contributed by atoms with Gasteiger partial charge in [0.1, 0.15) is 6.04 Å². The molecule has 3 aromatic rings. The Morgan fingerprint density at radius 1 is 1.12 bits per heavy atom. The van der Waals surface area contributed by atoms with Gasteiger partial charge in [-0.1, -0.05) is 60.7 Å². The summed E-state index contributed by atoms with van der Waals surface area (Å²) in [5, 5.41) is 19.5. The van der Waals surface area contributed by atoms with Crippen molar-refractivity contribution in [3.63, 3.8) is 0 Å². The molecule has 0 aliphatic rings. The number of hydrogen-bond donors (Lipinski definition) is 4. The Hall–Kier alpha value is -4.14. The molecule has 34 heavy (non-hydrogen) atoms. The third-order valence-electron chi connectivity index (χ3n) is 5.56. The number of aryl methyl sites for hydroxylation is 1. The Bertz CT molecular complexity index is 1090. The van der Waals surface area contributed by atoms with Crippen LogP contribution in [0.4, 0.5) is 0 Å². The molecule has 9 nitrogen and oxygen atoms in total. The number of carbonyl (C=O) groups is 2. The number of guanidine groups is 1. The highest BCUT2D eigenvalue weighted by Gasteiger charge is 2.32. The van der Waals surface area contributed by atoms with Gasteiger partial charge < -0.3 is 25.5 Å². The molecule has 0 saturated heterocycles. The van der Waals surface area contributed by atoms with Gasteiger partial charge in [0.05, 0.1) is 11.6 Å². The summed E-state index contributed by atoms with van der Waals surface area (Å²) in [5.41, 5.74) is 7.57. The molecule has 0 unspecified atom stereocenters. The summed E-state index contributed by atoms with van der Waals surface area (Å²) in [5.74, 6) is -1.80. The first-order chi connectivity index (χ1) is 16.3. The minimum absolute atomic E-state index is 0.0162. The van der Waals surface area contributed by atoms with Gasteiger partial charge in [0.2, 0.25) is 11.7 Å². The van der Waals surface area contributed by atoms with Crippen molar-refractivity contribution in [2.24, 2.45) is 5.73 Å². The number of likely N-dealkylation sites (N-methyl/N-ethyl adjacent to an activating group) is 1. The van der Waals surface area contributed by atoms with Crippen LogP contribution in [0.1, 0.15) is 52.0 Å². The third kappa shape index (κ3) is 5.80. The Morgan fingerprint density at radius 3 is 2.18 bits per heavy atom. The zero-order chi connectivity index (χ0) is 24.7. The van der Waals surface area contributed by atoms with Gasteiger partial charge in [-0.2, -0.15) is 0 Å². The van der Waals surface area contributed by atoms with E-state index < -0.39 is 17.9 Å². The second-order valence-corrected chi connectivity index (χ2v) is 7.97. The van der Waals surface area contributed by atoms with E-state index in [1.165, 1.54) is 7.05 Å². The first-order valence-electron chi connectivity index (χ1n) is 10.9. The van der Waals surface area contributed by atoms with Crippen LogP contribution >= 0.6 is 0 Å². The normalized spacial score (nSPS) is 11.7. The molecule has 1 aromatic heterocycles. The van der Waals surface area contributed by atoms with Crippen LogP contribution in [0.25, 0.3) is 0 Å². The molecule has 0 spiro atoms. The molecule has 3 rings (SSSR count). The maximum absolute atomic E-state index is 13.2. The van der Waals surface area contributed by atoms with Gasteiger partial charge in [-0.15, -0.1) is 0 Å². The summed E-state index contributed by atoms with van der Waals surface area (Å²) in [7, 11) is 1.44. The van der Waals surface area contributed by atoms with Gasteiger partial charge in [-0.05, 0) is 30.9 Å². The van der Waals surface area contributed by atoms with Crippen LogP contribution in [0.3, 0.4) is 0 Å². The lowest BCUT2D eigenvalue weighted by atomic mass is 9.91. The van der Waals surface area contributed by atoms with Crippen LogP contribution in [0.15, 0.2) is 65.1 Å². The second-order valence-electron chi connectivity index (χ2n) is 7.97. The standard InChI is InChI=1S/C25H29N5O4/c1-16-21(23(31)30(2)19(24(32)33)14-9-15-28-25(26)27)34-22(29-16)20(17-10-5-3-6-11-17)18-12-7-4-8-13-18/h3-8,10-13,19-20H,9,14-15H2,1-2H3,(H,32,33)(H4,26,27,28)/t19-/m0/s1. The van der Waals surface area contributed by atoms with Crippen LogP contribution in [-0.4, -0.2) is 52.5 Å². The average molecular weight is 464 g/mol. The Labute approximate surface area is 198 Å². The summed E-state index contributed by atoms with van der Waals surface area (Å²) in [6, 6.07) is 18.4. The average Bonchev–Trinajstić information content (AvgIpc) is 3.20. The number of amides is 1. The fraction of sp³-hybridized carbons (Fsp3) is 0.280. The first-order valence-corrected chi connectivity index (χ1v) is 10.9. The van der Waals surface area contributed by atoms with Crippen molar-refractivity contribution in [3.05, 3.63) is 89.1 Å². The maximum Gasteiger partial charge on any atom is 0.326 e. The van der Waals surface area contributed by atoms with E-state index in [9.17, 15) is 14.7 Å². The summed E-state index contributed by atoms with van der Waals surface area (Å²) in [6.45, 7) is 2.01. The Morgan fingerprint density at radius 2 is 1.68 bits per heavy atom. The molecular weight excluding hydrogens is 434 g/mol. The third-order valence-corrected chi connectivity index (χ3v) is 5.56. The van der Waals surface area contributed by atoms with E-state index in [1.54, 1.807) is 6.92 Å². The molecule has 1 atom stereocenters. The highest BCUT2D eigenvalue weighted by atomic mass is 16.4. The number of nitrogens with two attached hydrogens (primary N) is 1. The molecule has 0 fully saturated rings. The van der Waals surface area contributed by atoms with Crippen molar-refractivity contribution in [2.75, 3.05) is 13.6 Å². The number of oxazole rings is 1. The maximum atomic E-state index is 13.2. The lowest BCUT2D eigenvalue weighted by Gasteiger charge is -2.24. The van der Waals surface area contributed by atoms with E-state index >= 15 is 0 Å². The zero-order valence-electron chi connectivity index (χ0n) is 19.2. The lowest BCUT2D eigenvalue weighted by molar-refractivity contribution is -0.142. The molecule has 2 aromatic carbocycles. The van der Waals surface area contributed by atoms with Crippen LogP contribution in [0.5, 0.6) is 0 Å². The van der Waals surface area contributed by atoms with Gasteiger partial charge in [0.15, 0.2) is 5.96 Å². The highest BCUT2D eigenvalue weighted by molar-refractivity contribution is 5.95. The zero-order valence-corrected chi connectivity index (χ0v) is 19.2. The number of nitrogens with one attached hydrogen (secondary N) is 2. The molecule has 178 valence electrons. The molecule has 0 saturated carbocycles. The second kappa shape index (κ2) is 11.1. The van der Waals surface area contributed by atoms with Gasteiger partial charge >= 0.3 is 5.97 Å². The summed E-state index contributed by atoms with van der Waals surface area (Å²) >= 11 is 0. The number of carbonyl (C=O) groups excluding carboxylic acids is 1. The highest BCUT2D eigenvalue weighted by Crippen LogP contribution is 2.32. The molecule has 1 amide bonds. The quantitative estimate of drug-likeness (QED) is 0.205. The molecule has 0 aliphatic heterocycles. The lowest BCUT2D eigenvalue weighted by Crippen LogP contribution is -2.43. The van der Waals surface area contributed by atoms with Crippen molar-refractivity contribution in [3.8, 4) is 0 Å². The summed E-state index contributed by atoms with van der Waals surface area (Å²) in [6.07, 6.45) is 0.605. The predicted octanol–water partition coefficient (Wildman–Crippen LogP) is 2.95. The topological polar surface area (TPSA) is 146 Å². The number of rotatable bonds is 10. The van der Waals surface area contributed by atoms with Crippen molar-refractivity contribution in [1.29, 1.82) is 5.41 Å². The van der Waals surface area contributed by atoms with Gasteiger partial charge in [0, 0.05) is 13.6 Å². The molecule has 5 N–H and O–H groups in total. The van der Waals surface area contributed by atoms with Crippen molar-refractivity contribution < 1.29 is 19.1 Å². The predicted molar refractivity (Wildman–Crippen MR) is 128 cm³/mol. The first kappa shape index (κ1) is 24.5. The van der Waals surface area contributed by atoms with Crippen LogP contribution in [0, 0.1) is 12.3 Å². The van der Waals surface area contributed by atoms with E-state index in [0.717, 1.165) is 16.0 Å². The molecule has 0 radical (unpaired) electrons. The minimum atomic E-state index is -1.12.